The quantitative estimate of drug-likeness (QED) is 0.492. The molecule has 0 aromatic rings. The standard InChI is InChI=1S/C3H3BrN2/c4-3-1-5-6-2-3/h1,3,6H. The van der Waals surface area contributed by atoms with Gasteiger partial charge in [-0.3, -0.25) is 5.43 Å². The number of halogens is 1. The molecule has 2 nitrogen and oxygen atoms in total. The van der Waals surface area contributed by atoms with Crippen LogP contribution in [0.4, 0.5) is 0 Å². The first-order valence-electron chi connectivity index (χ1n) is 1.57. The van der Waals surface area contributed by atoms with Crippen LogP contribution < -0.4 is 5.43 Å². The summed E-state index contributed by atoms with van der Waals surface area (Å²) in [7, 11) is 0. The minimum absolute atomic E-state index is 0.206. The van der Waals surface area contributed by atoms with E-state index in [-0.39, 0.29) is 4.83 Å². The molecule has 1 atom stereocenters. The van der Waals surface area contributed by atoms with Gasteiger partial charge in [0.15, 0.2) is 0 Å². The van der Waals surface area contributed by atoms with Crippen LogP contribution in [0.25, 0.3) is 0 Å². The summed E-state index contributed by atoms with van der Waals surface area (Å²) in [6.07, 6.45) is 1.72. The van der Waals surface area contributed by atoms with Crippen molar-refractivity contribution >= 4 is 22.1 Å². The first kappa shape index (κ1) is 4.12. The maximum Gasteiger partial charge on any atom is 0.129 e. The molecule has 1 aliphatic rings. The zero-order chi connectivity index (χ0) is 4.41. The molecule has 0 amide bonds. The second-order valence-corrected chi connectivity index (χ2v) is 1.92. The zero-order valence-corrected chi connectivity index (χ0v) is 4.57. The number of hydrogen-bond acceptors (Lipinski definition) is 2. The fraction of sp³-hybridized carbons (Fsp3) is 0.333. The SMILES string of the molecule is BrC1[C]NN=C1. The van der Waals surface area contributed by atoms with Crippen LogP contribution in [0.5, 0.6) is 0 Å². The van der Waals surface area contributed by atoms with Crippen LogP contribution >= 0.6 is 15.9 Å². The first-order valence-corrected chi connectivity index (χ1v) is 2.49. The van der Waals surface area contributed by atoms with Gasteiger partial charge in [-0.1, -0.05) is 15.9 Å². The van der Waals surface area contributed by atoms with Gasteiger partial charge in [0.2, 0.25) is 0 Å². The summed E-state index contributed by atoms with van der Waals surface area (Å²) >= 11 is 3.22. The van der Waals surface area contributed by atoms with E-state index in [0.717, 1.165) is 0 Å². The first-order chi connectivity index (χ1) is 2.89. The van der Waals surface area contributed by atoms with Crippen LogP contribution in [0.2, 0.25) is 0 Å². The maximum atomic E-state index is 3.63. The van der Waals surface area contributed by atoms with Crippen molar-refractivity contribution in [1.82, 2.24) is 5.43 Å². The zero-order valence-electron chi connectivity index (χ0n) is 2.98. The smallest absolute Gasteiger partial charge is 0.129 e. The monoisotopic (exact) mass is 146 g/mol. The van der Waals surface area contributed by atoms with Crippen molar-refractivity contribution in [3.05, 3.63) is 6.54 Å². The van der Waals surface area contributed by atoms with Gasteiger partial charge in [0.1, 0.15) is 6.54 Å². The highest BCUT2D eigenvalue weighted by Crippen LogP contribution is 2.01. The fourth-order valence-electron chi connectivity index (χ4n) is 0.239. The van der Waals surface area contributed by atoms with Gasteiger partial charge in [0, 0.05) is 6.21 Å². The Kier molecular flexibility index (Phi) is 1.10. The van der Waals surface area contributed by atoms with Gasteiger partial charge >= 0.3 is 0 Å². The molecule has 0 spiro atoms. The van der Waals surface area contributed by atoms with Gasteiger partial charge in [-0.05, 0) is 0 Å². The normalized spacial score (nSPS) is 30.5. The van der Waals surface area contributed by atoms with E-state index in [0.29, 0.717) is 0 Å². The molecule has 1 aliphatic heterocycles. The lowest BCUT2D eigenvalue weighted by molar-refractivity contribution is 0.924. The van der Waals surface area contributed by atoms with Crippen LogP contribution in [-0.4, -0.2) is 11.0 Å². The average Bonchev–Trinajstić information content (AvgIpc) is 1.86. The van der Waals surface area contributed by atoms with Crippen molar-refractivity contribution in [3.63, 3.8) is 0 Å². The molecule has 1 unspecified atom stereocenters. The van der Waals surface area contributed by atoms with Gasteiger partial charge in [0.25, 0.3) is 0 Å². The van der Waals surface area contributed by atoms with E-state index in [2.05, 4.69) is 33.0 Å². The van der Waals surface area contributed by atoms with Gasteiger partial charge in [-0.15, -0.1) is 0 Å². The lowest BCUT2D eigenvalue weighted by Crippen LogP contribution is -1.99. The molecule has 0 saturated carbocycles. The highest BCUT2D eigenvalue weighted by atomic mass is 79.9. The van der Waals surface area contributed by atoms with Crippen molar-refractivity contribution in [2.45, 2.75) is 4.83 Å². The predicted molar refractivity (Wildman–Crippen MR) is 27.6 cm³/mol. The molecular formula is C3H3BrN2. The molecule has 32 valence electrons. The topological polar surface area (TPSA) is 24.4 Å². The Hall–Kier alpha value is -0.0500. The Bertz CT molecular complexity index is 71.2. The minimum Gasteiger partial charge on any atom is -0.297 e. The van der Waals surface area contributed by atoms with Gasteiger partial charge in [-0.2, -0.15) is 5.10 Å². The molecule has 0 aromatic heterocycles. The van der Waals surface area contributed by atoms with Crippen LogP contribution in [0.3, 0.4) is 0 Å². The van der Waals surface area contributed by atoms with Gasteiger partial charge < -0.3 is 0 Å². The Labute approximate surface area is 44.7 Å². The molecule has 6 heavy (non-hydrogen) atoms. The third-order valence-electron chi connectivity index (χ3n) is 0.472. The van der Waals surface area contributed by atoms with Gasteiger partial charge in [-0.25, -0.2) is 0 Å². The molecule has 0 saturated heterocycles. The number of alkyl halides is 1. The summed E-state index contributed by atoms with van der Waals surface area (Å²) < 4.78 is 0. The van der Waals surface area contributed by atoms with Crippen molar-refractivity contribution in [3.8, 4) is 0 Å². The molecule has 0 bridgehead atoms. The van der Waals surface area contributed by atoms with Crippen molar-refractivity contribution < 1.29 is 0 Å². The summed E-state index contributed by atoms with van der Waals surface area (Å²) in [6.45, 7) is 2.76. The summed E-state index contributed by atoms with van der Waals surface area (Å²) in [5.41, 5.74) is 2.54. The van der Waals surface area contributed by atoms with Crippen LogP contribution in [-0.2, 0) is 0 Å². The van der Waals surface area contributed by atoms with Gasteiger partial charge in [0.05, 0.1) is 4.83 Å². The number of hydrazone groups is 1. The fourth-order valence-corrected chi connectivity index (χ4v) is 0.459. The van der Waals surface area contributed by atoms with E-state index in [4.69, 9.17) is 0 Å². The third kappa shape index (κ3) is 0.712. The molecule has 0 aliphatic carbocycles. The molecular weight excluding hydrogens is 144 g/mol. The Morgan fingerprint density at radius 3 is 3.00 bits per heavy atom. The number of hydrogen-bond donors (Lipinski definition) is 1. The molecule has 1 N–H and O–H groups in total. The lowest BCUT2D eigenvalue weighted by Gasteiger charge is -1.83. The summed E-state index contributed by atoms with van der Waals surface area (Å²) in [5.74, 6) is 0. The molecule has 1 rings (SSSR count). The molecule has 0 aromatic carbocycles. The second-order valence-electron chi connectivity index (χ2n) is 0.936. The van der Waals surface area contributed by atoms with E-state index in [9.17, 15) is 0 Å². The summed E-state index contributed by atoms with van der Waals surface area (Å²) in [6, 6.07) is 0. The largest absolute Gasteiger partial charge is 0.297 e. The number of rotatable bonds is 0. The van der Waals surface area contributed by atoms with E-state index in [1.807, 2.05) is 0 Å². The highest BCUT2D eigenvalue weighted by molar-refractivity contribution is 9.10. The van der Waals surface area contributed by atoms with Crippen LogP contribution in [0.1, 0.15) is 0 Å². The molecule has 2 radical (unpaired) electrons. The van der Waals surface area contributed by atoms with E-state index in [1.165, 1.54) is 0 Å². The van der Waals surface area contributed by atoms with Crippen LogP contribution in [0, 0.1) is 6.54 Å². The van der Waals surface area contributed by atoms with Crippen LogP contribution in [0.15, 0.2) is 5.10 Å². The molecule has 3 heteroatoms. The van der Waals surface area contributed by atoms with E-state index >= 15 is 0 Å². The third-order valence-corrected chi connectivity index (χ3v) is 0.938. The van der Waals surface area contributed by atoms with Crippen molar-refractivity contribution in [2.24, 2.45) is 5.10 Å². The Morgan fingerprint density at radius 2 is 2.83 bits per heavy atom. The predicted octanol–water partition coefficient (Wildman–Crippen LogP) is 0.378. The molecule has 0 fully saturated rings. The Balaban J connectivity index is 2.38. The van der Waals surface area contributed by atoms with Crippen molar-refractivity contribution in [2.75, 3.05) is 0 Å². The number of nitrogens with one attached hydrogen (secondary N) is 1. The minimum atomic E-state index is 0.206. The second kappa shape index (κ2) is 1.60. The van der Waals surface area contributed by atoms with E-state index in [1.54, 1.807) is 6.21 Å². The van der Waals surface area contributed by atoms with E-state index < -0.39 is 0 Å². The summed E-state index contributed by atoms with van der Waals surface area (Å²) in [5, 5.41) is 3.63. The highest BCUT2D eigenvalue weighted by Gasteiger charge is 2.03. The summed E-state index contributed by atoms with van der Waals surface area (Å²) in [4.78, 5) is 0.206. The lowest BCUT2D eigenvalue weighted by atomic mass is 10.5. The number of nitrogens with zero attached hydrogens (tertiary/aromatic N) is 1. The average molecular weight is 147 g/mol. The Morgan fingerprint density at radius 1 is 2.00 bits per heavy atom. The maximum absolute atomic E-state index is 3.63. The molecule has 1 heterocycles. The van der Waals surface area contributed by atoms with Crippen molar-refractivity contribution in [1.29, 1.82) is 0 Å².